The summed E-state index contributed by atoms with van der Waals surface area (Å²) in [6, 6.07) is 16.0. The molecule has 2 rings (SSSR count). The summed E-state index contributed by atoms with van der Waals surface area (Å²) >= 11 is 6.03. The summed E-state index contributed by atoms with van der Waals surface area (Å²) in [4.78, 5) is 0. The number of hydrogen-bond donors (Lipinski definition) is 2. The third-order valence-electron chi connectivity index (χ3n) is 3.76. The van der Waals surface area contributed by atoms with Crippen molar-refractivity contribution in [3.63, 3.8) is 0 Å². The zero-order valence-corrected chi connectivity index (χ0v) is 15.6. The first-order valence-corrected chi connectivity index (χ1v) is 8.33. The highest BCUT2D eigenvalue weighted by Gasteiger charge is 2.12. The second kappa shape index (κ2) is 10.6. The van der Waals surface area contributed by atoms with Gasteiger partial charge in [0.25, 0.3) is 0 Å². The number of benzene rings is 2. The van der Waals surface area contributed by atoms with Crippen molar-refractivity contribution in [2.45, 2.75) is 32.4 Å². The lowest BCUT2D eigenvalue weighted by Gasteiger charge is -2.20. The lowest BCUT2D eigenvalue weighted by molar-refractivity contribution is 0.103. The van der Waals surface area contributed by atoms with Crippen molar-refractivity contribution in [1.82, 2.24) is 5.32 Å². The molecule has 0 heterocycles. The van der Waals surface area contributed by atoms with Crippen LogP contribution < -0.4 is 10.1 Å². The number of rotatable bonds is 8. The fourth-order valence-corrected chi connectivity index (χ4v) is 2.57. The molecule has 3 nitrogen and oxygen atoms in total. The summed E-state index contributed by atoms with van der Waals surface area (Å²) < 4.78 is 5.56. The van der Waals surface area contributed by atoms with Gasteiger partial charge in [0.15, 0.2) is 0 Å². The topological polar surface area (TPSA) is 41.5 Å². The van der Waals surface area contributed by atoms with Crippen molar-refractivity contribution in [3.05, 3.63) is 64.7 Å². The average Bonchev–Trinajstić information content (AvgIpc) is 2.56. The van der Waals surface area contributed by atoms with Gasteiger partial charge in [-0.05, 0) is 31.0 Å². The Hall–Kier alpha value is -1.26. The molecule has 24 heavy (non-hydrogen) atoms. The monoisotopic (exact) mass is 369 g/mol. The van der Waals surface area contributed by atoms with Crippen molar-refractivity contribution >= 4 is 24.0 Å². The minimum Gasteiger partial charge on any atom is -0.489 e. The fraction of sp³-hybridized carbons (Fsp3) is 0.368. The highest BCUT2D eigenvalue weighted by molar-refractivity contribution is 6.32. The Morgan fingerprint density at radius 1 is 1.12 bits per heavy atom. The Labute approximate surface area is 155 Å². The Morgan fingerprint density at radius 2 is 1.79 bits per heavy atom. The summed E-state index contributed by atoms with van der Waals surface area (Å²) in [5, 5.41) is 14.1. The standard InChI is InChI=1S/C19H24ClNO2.ClH/c1-3-18(15-10-8-14(2)9-11-15)21-12-16(22)13-23-19-7-5-4-6-17(19)20;/h4-11,16,18,21-22H,3,12-13H2,1-2H3;1H. The van der Waals surface area contributed by atoms with Gasteiger partial charge in [-0.2, -0.15) is 0 Å². The van der Waals surface area contributed by atoms with E-state index in [1.807, 2.05) is 12.1 Å². The zero-order chi connectivity index (χ0) is 16.7. The van der Waals surface area contributed by atoms with Crippen molar-refractivity contribution in [3.8, 4) is 5.75 Å². The normalized spacial score (nSPS) is 13.0. The average molecular weight is 370 g/mol. The van der Waals surface area contributed by atoms with Gasteiger partial charge in [0.05, 0.1) is 5.02 Å². The van der Waals surface area contributed by atoms with Crippen LogP contribution in [-0.4, -0.2) is 24.4 Å². The minimum atomic E-state index is -0.592. The first kappa shape index (κ1) is 20.8. The van der Waals surface area contributed by atoms with Crippen LogP contribution in [0.4, 0.5) is 0 Å². The largest absolute Gasteiger partial charge is 0.489 e. The minimum absolute atomic E-state index is 0. The van der Waals surface area contributed by atoms with Crippen molar-refractivity contribution in [1.29, 1.82) is 0 Å². The number of aliphatic hydroxyl groups is 1. The van der Waals surface area contributed by atoms with E-state index in [1.165, 1.54) is 11.1 Å². The van der Waals surface area contributed by atoms with E-state index in [-0.39, 0.29) is 25.1 Å². The van der Waals surface area contributed by atoms with Gasteiger partial charge in [0.2, 0.25) is 0 Å². The molecule has 0 aliphatic rings. The van der Waals surface area contributed by atoms with Crippen LogP contribution in [0.15, 0.2) is 48.5 Å². The van der Waals surface area contributed by atoms with Gasteiger partial charge in [-0.3, -0.25) is 0 Å². The molecule has 2 aromatic carbocycles. The number of nitrogens with one attached hydrogen (secondary N) is 1. The summed E-state index contributed by atoms with van der Waals surface area (Å²) in [7, 11) is 0. The van der Waals surface area contributed by atoms with E-state index in [2.05, 4.69) is 43.4 Å². The van der Waals surface area contributed by atoms with E-state index in [4.69, 9.17) is 16.3 Å². The molecule has 2 N–H and O–H groups in total. The molecule has 0 fully saturated rings. The molecule has 0 aliphatic carbocycles. The van der Waals surface area contributed by atoms with Crippen LogP contribution in [0.1, 0.15) is 30.5 Å². The van der Waals surface area contributed by atoms with Crippen molar-refractivity contribution in [2.24, 2.45) is 0 Å². The summed E-state index contributed by atoms with van der Waals surface area (Å²) in [5.41, 5.74) is 2.48. The maximum Gasteiger partial charge on any atom is 0.138 e. The number of aliphatic hydroxyl groups excluding tert-OH is 1. The van der Waals surface area contributed by atoms with Crippen LogP contribution >= 0.6 is 24.0 Å². The molecule has 2 unspecified atom stereocenters. The smallest absolute Gasteiger partial charge is 0.138 e. The Balaban J connectivity index is 0.00000288. The van der Waals surface area contributed by atoms with Crippen LogP contribution in [0.5, 0.6) is 5.75 Å². The van der Waals surface area contributed by atoms with Crippen LogP contribution in [0.3, 0.4) is 0 Å². The fourth-order valence-electron chi connectivity index (χ4n) is 2.38. The lowest BCUT2D eigenvalue weighted by atomic mass is 10.0. The summed E-state index contributed by atoms with van der Waals surface area (Å²) in [5.74, 6) is 0.596. The van der Waals surface area contributed by atoms with Gasteiger partial charge < -0.3 is 15.2 Å². The molecular formula is C19H25Cl2NO2. The number of para-hydroxylation sites is 1. The number of hydrogen-bond acceptors (Lipinski definition) is 3. The molecule has 0 aromatic heterocycles. The molecule has 0 spiro atoms. The molecule has 0 saturated heterocycles. The van der Waals surface area contributed by atoms with Crippen LogP contribution in [-0.2, 0) is 0 Å². The second-order valence-corrected chi connectivity index (χ2v) is 6.08. The van der Waals surface area contributed by atoms with Gasteiger partial charge in [0, 0.05) is 12.6 Å². The van der Waals surface area contributed by atoms with Crippen molar-refractivity contribution < 1.29 is 9.84 Å². The highest BCUT2D eigenvalue weighted by atomic mass is 35.5. The van der Waals surface area contributed by atoms with Gasteiger partial charge in [-0.25, -0.2) is 0 Å². The molecule has 2 aromatic rings. The molecule has 0 bridgehead atoms. The third-order valence-corrected chi connectivity index (χ3v) is 4.07. The van der Waals surface area contributed by atoms with E-state index in [1.54, 1.807) is 12.1 Å². The van der Waals surface area contributed by atoms with Gasteiger partial charge in [0.1, 0.15) is 18.5 Å². The maximum absolute atomic E-state index is 10.1. The van der Waals surface area contributed by atoms with Crippen molar-refractivity contribution in [2.75, 3.05) is 13.2 Å². The molecule has 132 valence electrons. The van der Waals surface area contributed by atoms with E-state index in [9.17, 15) is 5.11 Å². The first-order valence-electron chi connectivity index (χ1n) is 7.95. The predicted molar refractivity (Wildman–Crippen MR) is 102 cm³/mol. The molecule has 5 heteroatoms. The quantitative estimate of drug-likeness (QED) is 0.716. The highest BCUT2D eigenvalue weighted by Crippen LogP contribution is 2.23. The number of ether oxygens (including phenoxy) is 1. The molecule has 0 radical (unpaired) electrons. The number of aryl methyl sites for hydroxylation is 1. The number of halogens is 2. The SMILES string of the molecule is CCC(NCC(O)COc1ccccc1Cl)c1ccc(C)cc1.Cl. The van der Waals surface area contributed by atoms with E-state index in [0.717, 1.165) is 6.42 Å². The molecule has 0 amide bonds. The van der Waals surface area contributed by atoms with Gasteiger partial charge in [-0.15, -0.1) is 12.4 Å². The maximum atomic E-state index is 10.1. The molecule has 0 aliphatic heterocycles. The zero-order valence-electron chi connectivity index (χ0n) is 14.0. The lowest BCUT2D eigenvalue weighted by Crippen LogP contribution is -2.33. The van der Waals surface area contributed by atoms with Crippen LogP contribution in [0.2, 0.25) is 5.02 Å². The Morgan fingerprint density at radius 3 is 2.42 bits per heavy atom. The Bertz CT molecular complexity index is 605. The Kier molecular flexibility index (Phi) is 9.16. The second-order valence-electron chi connectivity index (χ2n) is 5.68. The van der Waals surface area contributed by atoms with Crippen LogP contribution in [0, 0.1) is 6.92 Å². The summed E-state index contributed by atoms with van der Waals surface area (Å²) in [6.45, 7) is 4.88. The van der Waals surface area contributed by atoms with Gasteiger partial charge in [-0.1, -0.05) is 60.5 Å². The van der Waals surface area contributed by atoms with E-state index >= 15 is 0 Å². The molecule has 2 atom stereocenters. The van der Waals surface area contributed by atoms with E-state index < -0.39 is 6.10 Å². The molecular weight excluding hydrogens is 345 g/mol. The predicted octanol–water partition coefficient (Wildman–Crippen LogP) is 4.55. The summed E-state index contributed by atoms with van der Waals surface area (Å²) in [6.07, 6.45) is 0.368. The van der Waals surface area contributed by atoms with Crippen LogP contribution in [0.25, 0.3) is 0 Å². The third kappa shape index (κ3) is 6.33. The van der Waals surface area contributed by atoms with E-state index in [0.29, 0.717) is 17.3 Å². The first-order chi connectivity index (χ1) is 11.1. The van der Waals surface area contributed by atoms with Gasteiger partial charge >= 0.3 is 0 Å². The molecule has 0 saturated carbocycles.